The van der Waals surface area contributed by atoms with E-state index in [0.29, 0.717) is 5.75 Å². The highest BCUT2D eigenvalue weighted by Gasteiger charge is 2.34. The van der Waals surface area contributed by atoms with Crippen LogP contribution in [0.25, 0.3) is 0 Å². The number of hydrogen-bond acceptors (Lipinski definition) is 2. The molecular weight excluding hydrogens is 355 g/mol. The predicted molar refractivity (Wildman–Crippen MR) is 91.1 cm³/mol. The summed E-state index contributed by atoms with van der Waals surface area (Å²) in [6.07, 6.45) is -5.61. The molecule has 7 heteroatoms. The summed E-state index contributed by atoms with van der Waals surface area (Å²) in [7, 11) is 0. The topological polar surface area (TPSA) is 38.3 Å². The summed E-state index contributed by atoms with van der Waals surface area (Å²) in [5.41, 5.74) is 0.545. The normalized spacial score (nSPS) is 12.6. The summed E-state index contributed by atoms with van der Waals surface area (Å²) < 4.78 is 44.8. The van der Waals surface area contributed by atoms with Crippen molar-refractivity contribution >= 4 is 23.2 Å². The second-order valence-electron chi connectivity index (χ2n) is 5.76. The maximum absolute atomic E-state index is 13.1. The number of anilines is 1. The molecule has 0 saturated heterocycles. The minimum Gasteiger partial charge on any atom is -0.481 e. The van der Waals surface area contributed by atoms with Crippen LogP contribution in [-0.2, 0) is 11.0 Å². The summed E-state index contributed by atoms with van der Waals surface area (Å²) in [6.45, 7) is 5.23. The Morgan fingerprint density at radius 1 is 1.12 bits per heavy atom. The van der Waals surface area contributed by atoms with E-state index in [2.05, 4.69) is 5.32 Å². The summed E-state index contributed by atoms with van der Waals surface area (Å²) in [4.78, 5) is 12.2. The average Bonchev–Trinajstić information content (AvgIpc) is 2.46. The first-order valence-corrected chi connectivity index (χ1v) is 7.86. The van der Waals surface area contributed by atoms with Crippen molar-refractivity contribution in [3.05, 3.63) is 58.1 Å². The smallest absolute Gasteiger partial charge is 0.418 e. The fraction of sp³-hybridized carbons (Fsp3) is 0.278. The van der Waals surface area contributed by atoms with Crippen molar-refractivity contribution in [2.75, 3.05) is 5.32 Å². The third-order valence-electron chi connectivity index (χ3n) is 3.42. The highest BCUT2D eigenvalue weighted by atomic mass is 35.5. The first-order chi connectivity index (χ1) is 11.6. The van der Waals surface area contributed by atoms with Gasteiger partial charge in [-0.15, -0.1) is 0 Å². The first-order valence-electron chi connectivity index (χ1n) is 7.49. The number of nitrogens with one attached hydrogen (secondary N) is 1. The Labute approximate surface area is 148 Å². The van der Waals surface area contributed by atoms with E-state index in [0.717, 1.165) is 23.3 Å². The van der Waals surface area contributed by atoms with Crippen molar-refractivity contribution in [2.24, 2.45) is 0 Å². The van der Waals surface area contributed by atoms with Crippen LogP contribution < -0.4 is 10.1 Å². The zero-order chi connectivity index (χ0) is 18.8. The number of hydrogen-bond donors (Lipinski definition) is 1. The molecule has 25 heavy (non-hydrogen) atoms. The van der Waals surface area contributed by atoms with Gasteiger partial charge in [-0.05, 0) is 62.2 Å². The van der Waals surface area contributed by atoms with Crippen molar-refractivity contribution in [2.45, 2.75) is 33.1 Å². The van der Waals surface area contributed by atoms with Gasteiger partial charge < -0.3 is 10.1 Å². The predicted octanol–water partition coefficient (Wildman–Crippen LogP) is 5.38. The first kappa shape index (κ1) is 19.1. The fourth-order valence-corrected chi connectivity index (χ4v) is 2.53. The molecule has 2 aromatic rings. The van der Waals surface area contributed by atoms with E-state index in [1.165, 1.54) is 13.0 Å². The van der Waals surface area contributed by atoms with Gasteiger partial charge in [0, 0.05) is 5.02 Å². The lowest BCUT2D eigenvalue weighted by Crippen LogP contribution is -2.31. The SMILES string of the molecule is Cc1cc(C)cc(O[C@H](C)C(=O)Nc2ccc(Cl)cc2C(F)(F)F)c1. The third-order valence-corrected chi connectivity index (χ3v) is 3.66. The molecule has 1 atom stereocenters. The number of aryl methyl sites for hydroxylation is 2. The van der Waals surface area contributed by atoms with Crippen LogP contribution in [0.2, 0.25) is 5.02 Å². The average molecular weight is 372 g/mol. The molecule has 0 aliphatic rings. The van der Waals surface area contributed by atoms with Crippen molar-refractivity contribution in [1.82, 2.24) is 0 Å². The van der Waals surface area contributed by atoms with Gasteiger partial charge in [-0.3, -0.25) is 4.79 Å². The lowest BCUT2D eigenvalue weighted by atomic mass is 10.1. The van der Waals surface area contributed by atoms with Crippen LogP contribution in [0.1, 0.15) is 23.6 Å². The number of halogens is 4. The fourth-order valence-electron chi connectivity index (χ4n) is 2.35. The second kappa shape index (κ2) is 7.35. The molecular formula is C18H17ClF3NO2. The molecule has 2 rings (SSSR count). The van der Waals surface area contributed by atoms with Gasteiger partial charge in [-0.2, -0.15) is 13.2 Å². The van der Waals surface area contributed by atoms with E-state index in [1.807, 2.05) is 19.9 Å². The molecule has 0 heterocycles. The molecule has 0 bridgehead atoms. The summed E-state index contributed by atoms with van der Waals surface area (Å²) in [5.74, 6) is -0.209. The highest BCUT2D eigenvalue weighted by molar-refractivity contribution is 6.30. The Kier molecular flexibility index (Phi) is 5.62. The maximum Gasteiger partial charge on any atom is 0.418 e. The second-order valence-corrected chi connectivity index (χ2v) is 6.20. The molecule has 1 amide bonds. The quantitative estimate of drug-likeness (QED) is 0.783. The maximum atomic E-state index is 13.1. The minimum atomic E-state index is -4.63. The van der Waals surface area contributed by atoms with E-state index < -0.39 is 23.8 Å². The summed E-state index contributed by atoms with van der Waals surface area (Å²) in [5, 5.41) is 2.19. The van der Waals surface area contributed by atoms with Crippen LogP contribution in [0.5, 0.6) is 5.75 Å². The number of alkyl halides is 3. The molecule has 0 aromatic heterocycles. The number of benzene rings is 2. The zero-order valence-corrected chi connectivity index (χ0v) is 14.6. The number of rotatable bonds is 4. The molecule has 0 unspecified atom stereocenters. The summed E-state index contributed by atoms with van der Waals surface area (Å²) >= 11 is 5.62. The lowest BCUT2D eigenvalue weighted by Gasteiger charge is -2.18. The van der Waals surface area contributed by atoms with Gasteiger partial charge in [-0.1, -0.05) is 17.7 Å². The van der Waals surface area contributed by atoms with E-state index in [-0.39, 0.29) is 10.7 Å². The molecule has 0 saturated carbocycles. The van der Waals surface area contributed by atoms with E-state index in [9.17, 15) is 18.0 Å². The van der Waals surface area contributed by atoms with E-state index in [4.69, 9.17) is 16.3 Å². The monoisotopic (exact) mass is 371 g/mol. The largest absolute Gasteiger partial charge is 0.481 e. The van der Waals surface area contributed by atoms with Crippen LogP contribution >= 0.6 is 11.6 Å². The van der Waals surface area contributed by atoms with Crippen molar-refractivity contribution < 1.29 is 22.7 Å². The Morgan fingerprint density at radius 2 is 1.72 bits per heavy atom. The minimum absolute atomic E-state index is 0.0649. The molecule has 0 aliphatic carbocycles. The van der Waals surface area contributed by atoms with Crippen molar-refractivity contribution in [1.29, 1.82) is 0 Å². The Morgan fingerprint density at radius 3 is 2.28 bits per heavy atom. The number of amides is 1. The molecule has 0 fully saturated rings. The number of carbonyl (C=O) groups is 1. The van der Waals surface area contributed by atoms with Gasteiger partial charge >= 0.3 is 6.18 Å². The summed E-state index contributed by atoms with van der Waals surface area (Å²) in [6, 6.07) is 8.61. The van der Waals surface area contributed by atoms with Crippen LogP contribution in [0.15, 0.2) is 36.4 Å². The van der Waals surface area contributed by atoms with Crippen molar-refractivity contribution in [3.8, 4) is 5.75 Å². The number of ether oxygens (including phenoxy) is 1. The van der Waals surface area contributed by atoms with Crippen LogP contribution in [0.4, 0.5) is 18.9 Å². The Balaban J connectivity index is 2.16. The van der Waals surface area contributed by atoms with Gasteiger partial charge in [0.25, 0.3) is 5.91 Å². The Hall–Kier alpha value is -2.21. The van der Waals surface area contributed by atoms with E-state index in [1.54, 1.807) is 12.1 Å². The Bertz CT molecular complexity index is 770. The van der Waals surface area contributed by atoms with Crippen molar-refractivity contribution in [3.63, 3.8) is 0 Å². The molecule has 134 valence electrons. The van der Waals surface area contributed by atoms with Crippen LogP contribution in [-0.4, -0.2) is 12.0 Å². The zero-order valence-electron chi connectivity index (χ0n) is 13.9. The molecule has 0 radical (unpaired) electrons. The lowest BCUT2D eigenvalue weighted by molar-refractivity contribution is -0.137. The third kappa shape index (κ3) is 5.13. The standard InChI is InChI=1S/C18H17ClF3NO2/c1-10-6-11(2)8-14(7-10)25-12(3)17(24)23-16-5-4-13(19)9-15(16)18(20,21)22/h4-9,12H,1-3H3,(H,23,24)/t12-/m1/s1. The van der Waals surface area contributed by atoms with Gasteiger partial charge in [-0.25, -0.2) is 0 Å². The highest BCUT2D eigenvalue weighted by Crippen LogP contribution is 2.36. The van der Waals surface area contributed by atoms with Gasteiger partial charge in [0.15, 0.2) is 6.10 Å². The molecule has 2 aromatic carbocycles. The molecule has 1 N–H and O–H groups in total. The van der Waals surface area contributed by atoms with E-state index >= 15 is 0 Å². The van der Waals surface area contributed by atoms with Gasteiger partial charge in [0.05, 0.1) is 11.3 Å². The molecule has 0 aliphatic heterocycles. The molecule has 3 nitrogen and oxygen atoms in total. The van der Waals surface area contributed by atoms with Crippen LogP contribution in [0.3, 0.4) is 0 Å². The van der Waals surface area contributed by atoms with Gasteiger partial charge in [0.2, 0.25) is 0 Å². The molecule has 0 spiro atoms. The van der Waals surface area contributed by atoms with Crippen LogP contribution in [0, 0.1) is 13.8 Å². The number of carbonyl (C=O) groups excluding carboxylic acids is 1. The van der Waals surface area contributed by atoms with Gasteiger partial charge in [0.1, 0.15) is 5.75 Å².